The van der Waals surface area contributed by atoms with Crippen LogP contribution in [0.15, 0.2) is 0 Å². The first-order chi connectivity index (χ1) is 11.7. The molecule has 25 heavy (non-hydrogen) atoms. The average Bonchev–Trinajstić information content (AvgIpc) is 2.38. The monoisotopic (exact) mass is 371 g/mol. The molecule has 5 nitrogen and oxygen atoms in total. The normalized spacial score (nSPS) is 54.4. The molecule has 4 aliphatic rings. The molecule has 4 fully saturated rings. The standard InChI is InChI=1S/C19H32O5S/c1-11(6-18(7-16(22)8-18)12-2-14(20)3-12)19(13-4-15(21)5-13)9-17(10-19)25(23)24/h11-17,20-22H,2-10H2,1H3,(H,23,24)/p-1. The van der Waals surface area contributed by atoms with E-state index in [0.717, 1.165) is 57.8 Å². The fourth-order valence-electron chi connectivity index (χ4n) is 6.57. The second kappa shape index (κ2) is 6.26. The Hall–Kier alpha value is -0.0100. The molecule has 4 saturated carbocycles. The topological polar surface area (TPSA) is 101 Å². The summed E-state index contributed by atoms with van der Waals surface area (Å²) >= 11 is -2.00. The molecule has 0 aromatic rings. The van der Waals surface area contributed by atoms with Gasteiger partial charge in [-0.05, 0) is 86.4 Å². The van der Waals surface area contributed by atoms with E-state index in [1.165, 1.54) is 0 Å². The minimum absolute atomic E-state index is 0.0415. The first kappa shape index (κ1) is 18.4. The fraction of sp³-hybridized carbons (Fsp3) is 1.00. The number of rotatable bonds is 6. The average molecular weight is 372 g/mol. The Balaban J connectivity index is 1.47. The lowest BCUT2D eigenvalue weighted by molar-refractivity contribution is -0.161. The fourth-order valence-corrected chi connectivity index (χ4v) is 7.46. The van der Waals surface area contributed by atoms with Crippen LogP contribution < -0.4 is 0 Å². The minimum Gasteiger partial charge on any atom is -0.772 e. The Kier molecular flexibility index (Phi) is 4.60. The van der Waals surface area contributed by atoms with E-state index in [9.17, 15) is 24.1 Å². The zero-order valence-electron chi connectivity index (χ0n) is 15.0. The molecule has 4 rings (SSSR count). The quantitative estimate of drug-likeness (QED) is 0.617. The van der Waals surface area contributed by atoms with Crippen LogP contribution in [0.1, 0.15) is 64.7 Å². The first-order valence-electron chi connectivity index (χ1n) is 9.86. The predicted molar refractivity (Wildman–Crippen MR) is 93.3 cm³/mol. The molecule has 0 spiro atoms. The third kappa shape index (κ3) is 2.92. The smallest absolute Gasteiger partial charge is 0.0551 e. The van der Waals surface area contributed by atoms with Crippen LogP contribution in [-0.2, 0) is 11.1 Å². The summed E-state index contributed by atoms with van der Waals surface area (Å²) in [5, 5.41) is 29.2. The highest BCUT2D eigenvalue weighted by Gasteiger charge is 2.60. The van der Waals surface area contributed by atoms with Crippen LogP contribution in [0.5, 0.6) is 0 Å². The second-order valence-electron chi connectivity index (χ2n) is 9.70. The van der Waals surface area contributed by atoms with Gasteiger partial charge in [0, 0.05) is 5.25 Å². The van der Waals surface area contributed by atoms with Crippen LogP contribution in [-0.4, -0.2) is 47.6 Å². The van der Waals surface area contributed by atoms with Gasteiger partial charge in [-0.3, -0.25) is 4.21 Å². The Labute approximate surface area is 152 Å². The van der Waals surface area contributed by atoms with Gasteiger partial charge in [0.2, 0.25) is 0 Å². The van der Waals surface area contributed by atoms with E-state index in [1.54, 1.807) is 0 Å². The third-order valence-corrected chi connectivity index (χ3v) is 9.25. The maximum atomic E-state index is 11.4. The van der Waals surface area contributed by atoms with E-state index in [0.29, 0.717) is 17.8 Å². The van der Waals surface area contributed by atoms with Gasteiger partial charge in [0.25, 0.3) is 0 Å². The van der Waals surface area contributed by atoms with Crippen molar-refractivity contribution in [2.24, 2.45) is 28.6 Å². The van der Waals surface area contributed by atoms with Gasteiger partial charge in [-0.15, -0.1) is 0 Å². The maximum Gasteiger partial charge on any atom is 0.0551 e. The molecule has 0 aromatic carbocycles. The molecular weight excluding hydrogens is 340 g/mol. The molecule has 4 aliphatic carbocycles. The lowest BCUT2D eigenvalue weighted by Crippen LogP contribution is -2.59. The highest BCUT2D eigenvalue weighted by molar-refractivity contribution is 7.79. The van der Waals surface area contributed by atoms with E-state index in [2.05, 4.69) is 6.92 Å². The summed E-state index contributed by atoms with van der Waals surface area (Å²) in [7, 11) is 0. The van der Waals surface area contributed by atoms with Gasteiger partial charge in [0.1, 0.15) is 0 Å². The van der Waals surface area contributed by atoms with Crippen LogP contribution in [0.2, 0.25) is 0 Å². The van der Waals surface area contributed by atoms with Crippen LogP contribution in [0.3, 0.4) is 0 Å². The summed E-state index contributed by atoms with van der Waals surface area (Å²) in [5.74, 6) is 1.34. The number of hydrogen-bond acceptors (Lipinski definition) is 5. The molecule has 144 valence electrons. The van der Waals surface area contributed by atoms with Crippen LogP contribution in [0.4, 0.5) is 0 Å². The van der Waals surface area contributed by atoms with Crippen molar-refractivity contribution in [1.29, 1.82) is 0 Å². The van der Waals surface area contributed by atoms with Crippen molar-refractivity contribution < 1.29 is 24.1 Å². The SMILES string of the molecule is CC(CC1(C2CC(O)C2)CC(O)C1)C1(C2CC(O)C2)CC(S(=O)[O-])C1. The summed E-state index contributed by atoms with van der Waals surface area (Å²) in [4.78, 5) is 0. The van der Waals surface area contributed by atoms with Crippen molar-refractivity contribution in [1.82, 2.24) is 0 Å². The van der Waals surface area contributed by atoms with E-state index < -0.39 is 11.1 Å². The molecule has 0 saturated heterocycles. The number of hydrogen-bond donors (Lipinski definition) is 3. The summed E-state index contributed by atoms with van der Waals surface area (Å²) < 4.78 is 22.7. The zero-order valence-corrected chi connectivity index (χ0v) is 15.8. The lowest BCUT2D eigenvalue weighted by Gasteiger charge is -2.63. The van der Waals surface area contributed by atoms with E-state index in [1.807, 2.05) is 0 Å². The second-order valence-corrected chi connectivity index (χ2v) is 10.9. The molecule has 6 heteroatoms. The van der Waals surface area contributed by atoms with Gasteiger partial charge in [-0.2, -0.15) is 0 Å². The van der Waals surface area contributed by atoms with E-state index in [4.69, 9.17) is 0 Å². The van der Waals surface area contributed by atoms with Crippen molar-refractivity contribution in [3.8, 4) is 0 Å². The summed E-state index contributed by atoms with van der Waals surface area (Å²) in [5.41, 5.74) is 0.176. The number of aliphatic hydroxyl groups is 3. The zero-order chi connectivity index (χ0) is 18.0. The van der Waals surface area contributed by atoms with Crippen LogP contribution in [0, 0.1) is 28.6 Å². The van der Waals surface area contributed by atoms with Crippen molar-refractivity contribution in [3.63, 3.8) is 0 Å². The van der Waals surface area contributed by atoms with Gasteiger partial charge >= 0.3 is 0 Å². The van der Waals surface area contributed by atoms with Gasteiger partial charge < -0.3 is 19.9 Å². The molecule has 0 aromatic heterocycles. The van der Waals surface area contributed by atoms with E-state index >= 15 is 0 Å². The van der Waals surface area contributed by atoms with Gasteiger partial charge in [-0.1, -0.05) is 18.0 Å². The Morgan fingerprint density at radius 3 is 1.92 bits per heavy atom. The molecule has 3 N–H and O–H groups in total. The molecular formula is C19H31O5S-. The third-order valence-electron chi connectivity index (χ3n) is 8.37. The summed E-state index contributed by atoms with van der Waals surface area (Å²) in [6.07, 6.45) is 6.84. The summed E-state index contributed by atoms with van der Waals surface area (Å²) in [6.45, 7) is 2.26. The van der Waals surface area contributed by atoms with Crippen LogP contribution >= 0.6 is 0 Å². The predicted octanol–water partition coefficient (Wildman–Crippen LogP) is 1.72. The molecule has 0 bridgehead atoms. The lowest BCUT2D eigenvalue weighted by atomic mass is 9.44. The molecule has 0 radical (unpaired) electrons. The first-order valence-corrected chi connectivity index (χ1v) is 11.0. The Bertz CT molecular complexity index is 528. The van der Waals surface area contributed by atoms with Gasteiger partial charge in [0.15, 0.2) is 0 Å². The van der Waals surface area contributed by atoms with Gasteiger partial charge in [-0.25, -0.2) is 0 Å². The Morgan fingerprint density at radius 2 is 1.48 bits per heavy atom. The number of aliphatic hydroxyl groups excluding tert-OH is 3. The highest BCUT2D eigenvalue weighted by atomic mass is 32.2. The molecule has 2 atom stereocenters. The highest BCUT2D eigenvalue weighted by Crippen LogP contribution is 2.65. The van der Waals surface area contributed by atoms with Crippen molar-refractivity contribution in [2.75, 3.05) is 0 Å². The summed E-state index contributed by atoms with van der Waals surface area (Å²) in [6, 6.07) is 0. The molecule has 0 amide bonds. The van der Waals surface area contributed by atoms with Crippen molar-refractivity contribution >= 4 is 11.1 Å². The largest absolute Gasteiger partial charge is 0.772 e. The molecule has 0 heterocycles. The van der Waals surface area contributed by atoms with Crippen LogP contribution in [0.25, 0.3) is 0 Å². The van der Waals surface area contributed by atoms with Crippen molar-refractivity contribution in [3.05, 3.63) is 0 Å². The minimum atomic E-state index is -2.00. The Morgan fingerprint density at radius 1 is 0.960 bits per heavy atom. The maximum absolute atomic E-state index is 11.4. The van der Waals surface area contributed by atoms with Crippen molar-refractivity contribution in [2.45, 2.75) is 88.3 Å². The molecule has 2 unspecified atom stereocenters. The van der Waals surface area contributed by atoms with Gasteiger partial charge in [0.05, 0.1) is 18.3 Å². The molecule has 0 aliphatic heterocycles. The van der Waals surface area contributed by atoms with E-state index in [-0.39, 0.29) is 34.4 Å².